The number of nitrogens with zero attached hydrogens (tertiary/aromatic N) is 1. The monoisotopic (exact) mass is 306 g/mol. The lowest BCUT2D eigenvalue weighted by Crippen LogP contribution is -2.53. The minimum absolute atomic E-state index is 0.0458. The smallest absolute Gasteiger partial charge is 0.413 e. The van der Waals surface area contributed by atoms with E-state index >= 15 is 0 Å². The topological polar surface area (TPSA) is 100 Å². The van der Waals surface area contributed by atoms with Crippen molar-refractivity contribution < 1.29 is 28.9 Å². The molecule has 2 heterocycles. The molecule has 0 spiro atoms. The molecule has 0 aliphatic carbocycles. The van der Waals surface area contributed by atoms with E-state index in [0.717, 1.165) is 11.8 Å². The second kappa shape index (κ2) is 6.53. The standard InChI is InChI=1S/C11H15FN2O5S/c1-2-3-18-11(17)14-10-13-7-6(12)8(16)5(4-15)19-9(7)20-10/h2,5-9,15-16H,1,3-4H2,(H,13,14,17)/t5-,6-,7-,8-,9-/m1/s1. The summed E-state index contributed by atoms with van der Waals surface area (Å²) in [7, 11) is 0. The molecular formula is C11H15FN2O5S. The van der Waals surface area contributed by atoms with Crippen LogP contribution in [0.25, 0.3) is 0 Å². The molecule has 5 atom stereocenters. The van der Waals surface area contributed by atoms with Crippen molar-refractivity contribution in [3.63, 3.8) is 0 Å². The number of ether oxygens (including phenoxy) is 2. The number of rotatable bonds is 3. The highest BCUT2D eigenvalue weighted by molar-refractivity contribution is 8.14. The Balaban J connectivity index is 1.96. The van der Waals surface area contributed by atoms with Gasteiger partial charge in [-0.3, -0.25) is 10.3 Å². The molecule has 1 amide bonds. The molecule has 7 nitrogen and oxygen atoms in total. The van der Waals surface area contributed by atoms with Gasteiger partial charge in [-0.2, -0.15) is 0 Å². The number of nitrogens with one attached hydrogen (secondary N) is 1. The second-order valence-electron chi connectivity index (χ2n) is 4.22. The van der Waals surface area contributed by atoms with Crippen LogP contribution in [0, 0.1) is 0 Å². The lowest BCUT2D eigenvalue weighted by Gasteiger charge is -2.36. The summed E-state index contributed by atoms with van der Waals surface area (Å²) in [5.74, 6) is 0. The largest absolute Gasteiger partial charge is 0.445 e. The van der Waals surface area contributed by atoms with Gasteiger partial charge in [0, 0.05) is 0 Å². The summed E-state index contributed by atoms with van der Waals surface area (Å²) in [6.45, 7) is 2.95. The zero-order valence-corrected chi connectivity index (χ0v) is 11.3. The molecule has 9 heteroatoms. The van der Waals surface area contributed by atoms with Crippen molar-refractivity contribution in [3.8, 4) is 0 Å². The normalized spacial score (nSPS) is 36.0. The maximum absolute atomic E-state index is 14.0. The lowest BCUT2D eigenvalue weighted by atomic mass is 10.0. The molecule has 0 aromatic heterocycles. The van der Waals surface area contributed by atoms with Gasteiger partial charge in [-0.1, -0.05) is 24.4 Å². The number of hydrogen-bond acceptors (Lipinski definition) is 7. The maximum atomic E-state index is 14.0. The number of carbonyl (C=O) groups is 1. The van der Waals surface area contributed by atoms with Crippen LogP contribution >= 0.6 is 11.8 Å². The van der Waals surface area contributed by atoms with Gasteiger partial charge in [-0.25, -0.2) is 9.18 Å². The molecule has 20 heavy (non-hydrogen) atoms. The average molecular weight is 306 g/mol. The summed E-state index contributed by atoms with van der Waals surface area (Å²) in [5.41, 5.74) is -0.694. The molecule has 1 saturated heterocycles. The summed E-state index contributed by atoms with van der Waals surface area (Å²) in [6.07, 6.45) is -3.43. The first-order valence-corrected chi connectivity index (χ1v) is 6.82. The van der Waals surface area contributed by atoms with Gasteiger partial charge in [0.05, 0.1) is 6.61 Å². The van der Waals surface area contributed by atoms with Crippen molar-refractivity contribution in [2.24, 2.45) is 4.99 Å². The van der Waals surface area contributed by atoms with Crippen LogP contribution in [0.3, 0.4) is 0 Å². The Kier molecular flexibility index (Phi) is 4.97. The molecule has 0 saturated carbocycles. The van der Waals surface area contributed by atoms with E-state index in [2.05, 4.69) is 16.9 Å². The number of amidine groups is 1. The zero-order valence-electron chi connectivity index (χ0n) is 10.4. The number of fused-ring (bicyclic) bond motifs is 1. The SMILES string of the molecule is C=CCOC(=O)NC1=N[C@@H]2[C@@H](F)[C@H](O)[C@@H](CO)O[C@@H]2S1. The average Bonchev–Trinajstić information content (AvgIpc) is 2.83. The highest BCUT2D eigenvalue weighted by Gasteiger charge is 2.49. The number of alkyl halides is 1. The van der Waals surface area contributed by atoms with Crippen molar-refractivity contribution in [1.82, 2.24) is 5.32 Å². The summed E-state index contributed by atoms with van der Waals surface area (Å²) in [4.78, 5) is 15.3. The van der Waals surface area contributed by atoms with E-state index < -0.39 is 42.6 Å². The molecule has 0 bridgehead atoms. The molecule has 2 aliphatic heterocycles. The Hall–Kier alpha value is -1.16. The fraction of sp³-hybridized carbons (Fsp3) is 0.636. The first-order chi connectivity index (χ1) is 9.56. The number of aliphatic hydroxyl groups is 2. The van der Waals surface area contributed by atoms with Crippen LogP contribution in [0.15, 0.2) is 17.6 Å². The molecule has 1 fully saturated rings. The number of alkyl carbamates (subject to hydrolysis) is 1. The summed E-state index contributed by atoms with van der Waals surface area (Å²) in [6, 6.07) is -0.924. The van der Waals surface area contributed by atoms with Crippen molar-refractivity contribution >= 4 is 23.0 Å². The number of amides is 1. The molecular weight excluding hydrogens is 291 g/mol. The van der Waals surface area contributed by atoms with Gasteiger partial charge in [-0.05, 0) is 0 Å². The third-order valence-corrected chi connectivity index (χ3v) is 3.89. The Morgan fingerprint density at radius 2 is 2.45 bits per heavy atom. The number of aliphatic hydroxyl groups excluding tert-OH is 2. The van der Waals surface area contributed by atoms with Crippen LogP contribution in [0.2, 0.25) is 0 Å². The van der Waals surface area contributed by atoms with E-state index in [-0.39, 0.29) is 11.8 Å². The molecule has 0 aromatic rings. The molecule has 3 N–H and O–H groups in total. The van der Waals surface area contributed by atoms with Crippen LogP contribution < -0.4 is 5.32 Å². The predicted octanol–water partition coefficient (Wildman–Crippen LogP) is -0.214. The molecule has 112 valence electrons. The third-order valence-electron chi connectivity index (χ3n) is 2.84. The molecule has 2 aliphatic rings. The highest BCUT2D eigenvalue weighted by atomic mass is 32.2. The molecule has 2 rings (SSSR count). The number of halogens is 1. The Bertz CT molecular complexity index is 422. The van der Waals surface area contributed by atoms with Gasteiger partial charge < -0.3 is 19.7 Å². The number of thioether (sulfide) groups is 1. The number of carbonyl (C=O) groups excluding carboxylic acids is 1. The van der Waals surface area contributed by atoms with Gasteiger partial charge in [-0.15, -0.1) is 0 Å². The van der Waals surface area contributed by atoms with E-state index in [4.69, 9.17) is 14.6 Å². The zero-order chi connectivity index (χ0) is 14.7. The van der Waals surface area contributed by atoms with E-state index in [1.807, 2.05) is 0 Å². The summed E-state index contributed by atoms with van der Waals surface area (Å²) >= 11 is 1.01. The van der Waals surface area contributed by atoms with Crippen LogP contribution in [0.4, 0.5) is 9.18 Å². The van der Waals surface area contributed by atoms with E-state index in [9.17, 15) is 14.3 Å². The van der Waals surface area contributed by atoms with Crippen LogP contribution in [0.5, 0.6) is 0 Å². The van der Waals surface area contributed by atoms with Crippen LogP contribution in [-0.2, 0) is 9.47 Å². The van der Waals surface area contributed by atoms with Crippen molar-refractivity contribution in [1.29, 1.82) is 0 Å². The van der Waals surface area contributed by atoms with Crippen molar-refractivity contribution in [2.45, 2.75) is 29.9 Å². The van der Waals surface area contributed by atoms with E-state index in [1.54, 1.807) is 0 Å². The summed E-state index contributed by atoms with van der Waals surface area (Å²) < 4.78 is 24.0. The molecule has 0 aromatic carbocycles. The Labute approximate surface area is 118 Å². The third kappa shape index (κ3) is 3.11. The van der Waals surface area contributed by atoms with Crippen LogP contribution in [-0.4, -0.2) is 64.5 Å². The van der Waals surface area contributed by atoms with Crippen molar-refractivity contribution in [3.05, 3.63) is 12.7 Å². The first kappa shape index (κ1) is 15.2. The quantitative estimate of drug-likeness (QED) is 0.624. The minimum atomic E-state index is -1.66. The first-order valence-electron chi connectivity index (χ1n) is 5.94. The lowest BCUT2D eigenvalue weighted by molar-refractivity contribution is -0.144. The predicted molar refractivity (Wildman–Crippen MR) is 70.1 cm³/mol. The Morgan fingerprint density at radius 1 is 1.70 bits per heavy atom. The second-order valence-corrected chi connectivity index (χ2v) is 5.30. The van der Waals surface area contributed by atoms with Gasteiger partial charge in [0.15, 0.2) is 11.3 Å². The minimum Gasteiger partial charge on any atom is -0.445 e. The molecule has 0 unspecified atom stereocenters. The van der Waals surface area contributed by atoms with E-state index in [1.165, 1.54) is 6.08 Å². The van der Waals surface area contributed by atoms with Gasteiger partial charge >= 0.3 is 6.09 Å². The van der Waals surface area contributed by atoms with Crippen LogP contribution in [0.1, 0.15) is 0 Å². The number of hydrogen-bond donors (Lipinski definition) is 3. The fourth-order valence-electron chi connectivity index (χ4n) is 1.87. The van der Waals surface area contributed by atoms with Crippen molar-refractivity contribution in [2.75, 3.05) is 13.2 Å². The van der Waals surface area contributed by atoms with Gasteiger partial charge in [0.2, 0.25) is 0 Å². The van der Waals surface area contributed by atoms with E-state index in [0.29, 0.717) is 0 Å². The number of aliphatic imine (C=N–C) groups is 1. The highest BCUT2D eigenvalue weighted by Crippen LogP contribution is 2.37. The fourth-order valence-corrected chi connectivity index (χ4v) is 2.96. The summed E-state index contributed by atoms with van der Waals surface area (Å²) in [5, 5.41) is 21.1. The maximum Gasteiger partial charge on any atom is 0.413 e. The Morgan fingerprint density at radius 3 is 3.10 bits per heavy atom. The van der Waals surface area contributed by atoms with Gasteiger partial charge in [0.1, 0.15) is 30.3 Å². The van der Waals surface area contributed by atoms with Gasteiger partial charge in [0.25, 0.3) is 0 Å². The molecule has 0 radical (unpaired) electrons.